The lowest BCUT2D eigenvalue weighted by atomic mass is 9.54. The fraction of sp³-hybridized carbons (Fsp3) is 0.625. The van der Waals surface area contributed by atoms with Crippen molar-refractivity contribution in [2.75, 3.05) is 0 Å². The summed E-state index contributed by atoms with van der Waals surface area (Å²) >= 11 is 0. The Morgan fingerprint density at radius 3 is 0.768 bits per heavy atom. The van der Waals surface area contributed by atoms with E-state index in [4.69, 9.17) is 0 Å². The standard InChI is InChI=1S/C32H26F24/c1-15-5-9-17(10-6-15)21(3,13-23(37,38)27(45,46)31(53,54)29(49,50)25(41,42)19(33)34)22(4,18-11-7-16(2)8-12-18)14-24(39,40)28(47,48)32(55,56)30(51,52)26(43,44)20(35)36/h5-12,19-20H,13-14H2,1-4H3/t21-,22-/m1/s1. The van der Waals surface area contributed by atoms with Gasteiger partial charge in [-0.25, -0.2) is 17.6 Å². The van der Waals surface area contributed by atoms with Gasteiger partial charge in [-0.1, -0.05) is 73.5 Å². The Hall–Kier alpha value is -3.24. The molecule has 24 heteroatoms. The van der Waals surface area contributed by atoms with Gasteiger partial charge in [0, 0.05) is 23.7 Å². The maximum atomic E-state index is 15.7. The first-order valence-corrected chi connectivity index (χ1v) is 15.0. The molecule has 2 aromatic rings. The molecular weight excluding hydrogens is 840 g/mol. The van der Waals surface area contributed by atoms with Crippen molar-refractivity contribution in [3.05, 3.63) is 70.8 Å². The minimum atomic E-state index is -8.21. The van der Waals surface area contributed by atoms with Gasteiger partial charge in [-0.15, -0.1) is 0 Å². The summed E-state index contributed by atoms with van der Waals surface area (Å²) in [6.07, 6.45) is -18.6. The van der Waals surface area contributed by atoms with Crippen LogP contribution >= 0.6 is 0 Å². The van der Waals surface area contributed by atoms with Crippen LogP contribution < -0.4 is 0 Å². The van der Waals surface area contributed by atoms with Crippen molar-refractivity contribution >= 4 is 0 Å². The van der Waals surface area contributed by atoms with E-state index in [9.17, 15) is 70.2 Å². The van der Waals surface area contributed by atoms with Crippen LogP contribution in [0.1, 0.15) is 48.9 Å². The molecule has 322 valence electrons. The Balaban J connectivity index is 3.10. The predicted octanol–water partition coefficient (Wildman–Crippen LogP) is 13.2. The maximum absolute atomic E-state index is 15.7. The molecule has 0 heterocycles. The van der Waals surface area contributed by atoms with E-state index in [0.717, 1.165) is 24.3 Å². The van der Waals surface area contributed by atoms with Crippen LogP contribution in [0.5, 0.6) is 0 Å². The lowest BCUT2D eigenvalue weighted by molar-refractivity contribution is -0.416. The Bertz CT molecular complexity index is 1540. The highest BCUT2D eigenvalue weighted by Crippen LogP contribution is 2.65. The predicted molar refractivity (Wildman–Crippen MR) is 148 cm³/mol. The number of alkyl halides is 24. The van der Waals surface area contributed by atoms with Crippen molar-refractivity contribution in [1.29, 1.82) is 0 Å². The zero-order valence-corrected chi connectivity index (χ0v) is 28.3. The van der Waals surface area contributed by atoms with Gasteiger partial charge >= 0.3 is 72.1 Å². The SMILES string of the molecule is Cc1ccc([C@@](C)(CC(F)(F)C(F)(F)C(F)(F)C(F)(F)C(F)(F)C(F)F)[C@](C)(CC(F)(F)C(F)(F)C(F)(F)C(F)(F)C(F)(F)C(F)F)c2ccc(C)cc2)cc1. The third kappa shape index (κ3) is 7.02. The molecule has 2 atom stereocenters. The largest absolute Gasteiger partial charge is 0.384 e. The average molecular weight is 867 g/mol. The summed E-state index contributed by atoms with van der Waals surface area (Å²) in [5, 5.41) is 0. The molecule has 0 nitrogen and oxygen atoms in total. The van der Waals surface area contributed by atoms with Crippen molar-refractivity contribution in [2.24, 2.45) is 0 Å². The third-order valence-electron chi connectivity index (χ3n) is 9.63. The van der Waals surface area contributed by atoms with Crippen LogP contribution in [-0.2, 0) is 10.8 Å². The van der Waals surface area contributed by atoms with E-state index in [1.807, 2.05) is 0 Å². The summed E-state index contributed by atoms with van der Waals surface area (Å²) in [6.45, 7) is 2.36. The molecule has 0 aliphatic heterocycles. The second-order valence-electron chi connectivity index (χ2n) is 13.5. The first kappa shape index (κ1) is 48.9. The van der Waals surface area contributed by atoms with Gasteiger partial charge in [-0.3, -0.25) is 0 Å². The summed E-state index contributed by atoms with van der Waals surface area (Å²) in [5.74, 6) is -77.5. The number of halogens is 24. The summed E-state index contributed by atoms with van der Waals surface area (Å²) < 4.78 is 342. The summed E-state index contributed by atoms with van der Waals surface area (Å²) in [6, 6.07) is 4.98. The van der Waals surface area contributed by atoms with Crippen LogP contribution in [0.3, 0.4) is 0 Å². The zero-order valence-electron chi connectivity index (χ0n) is 28.3. The van der Waals surface area contributed by atoms with Crippen LogP contribution in [0.25, 0.3) is 0 Å². The smallest absolute Gasteiger partial charge is 0.203 e. The van der Waals surface area contributed by atoms with Gasteiger partial charge in [-0.05, 0) is 25.0 Å². The van der Waals surface area contributed by atoms with E-state index in [0.29, 0.717) is 24.3 Å². The number of aryl methyl sites for hydroxylation is 2. The summed E-state index contributed by atoms with van der Waals surface area (Å²) in [7, 11) is 0. The van der Waals surface area contributed by atoms with Crippen LogP contribution in [0.15, 0.2) is 48.5 Å². The lowest BCUT2D eigenvalue weighted by Gasteiger charge is -2.52. The molecule has 0 spiro atoms. The normalized spacial score (nSPS) is 17.3. The van der Waals surface area contributed by atoms with Crippen LogP contribution in [0.4, 0.5) is 105 Å². The lowest BCUT2D eigenvalue weighted by Crippen LogP contribution is -2.70. The molecule has 0 fully saturated rings. The molecule has 0 aliphatic rings. The third-order valence-corrected chi connectivity index (χ3v) is 9.63. The van der Waals surface area contributed by atoms with Crippen LogP contribution in [0, 0.1) is 13.8 Å². The number of benzene rings is 2. The molecule has 0 N–H and O–H groups in total. The molecule has 0 amide bonds. The van der Waals surface area contributed by atoms with Crippen molar-refractivity contribution < 1.29 is 105 Å². The molecule has 2 aromatic carbocycles. The monoisotopic (exact) mass is 866 g/mol. The molecule has 0 unspecified atom stereocenters. The number of hydrogen-bond acceptors (Lipinski definition) is 0. The van der Waals surface area contributed by atoms with E-state index in [2.05, 4.69) is 0 Å². The number of hydrogen-bond donors (Lipinski definition) is 0. The van der Waals surface area contributed by atoms with Crippen molar-refractivity contribution in [3.8, 4) is 0 Å². The van der Waals surface area contributed by atoms with Gasteiger partial charge in [0.2, 0.25) is 0 Å². The van der Waals surface area contributed by atoms with Crippen LogP contribution in [-0.4, -0.2) is 72.1 Å². The fourth-order valence-electron chi connectivity index (χ4n) is 5.73. The molecule has 0 aromatic heterocycles. The first-order chi connectivity index (χ1) is 24.5. The van der Waals surface area contributed by atoms with Crippen molar-refractivity contribution in [1.82, 2.24) is 0 Å². The highest BCUT2D eigenvalue weighted by molar-refractivity contribution is 5.41. The molecule has 2 rings (SSSR count). The van der Waals surface area contributed by atoms with Gasteiger partial charge in [0.25, 0.3) is 0 Å². The van der Waals surface area contributed by atoms with Crippen molar-refractivity contribution in [2.45, 2.75) is 123 Å². The van der Waals surface area contributed by atoms with E-state index >= 15 is 35.1 Å². The van der Waals surface area contributed by atoms with Gasteiger partial charge in [-0.2, -0.15) is 87.8 Å². The molecule has 0 saturated carbocycles. The van der Waals surface area contributed by atoms with Gasteiger partial charge in [0.05, 0.1) is 0 Å². The Labute approximate surface area is 300 Å². The zero-order chi connectivity index (χ0) is 44.5. The highest BCUT2D eigenvalue weighted by atomic mass is 19.4. The molecule has 56 heavy (non-hydrogen) atoms. The Morgan fingerprint density at radius 2 is 0.571 bits per heavy atom. The molecule has 0 bridgehead atoms. The van der Waals surface area contributed by atoms with Gasteiger partial charge < -0.3 is 0 Å². The minimum absolute atomic E-state index is 0.0114. The quantitative estimate of drug-likeness (QED) is 0.139. The molecule has 0 aliphatic carbocycles. The second-order valence-corrected chi connectivity index (χ2v) is 13.5. The highest BCUT2D eigenvalue weighted by Gasteiger charge is 2.90. The Kier molecular flexibility index (Phi) is 12.4. The molecule has 0 radical (unpaired) electrons. The van der Waals surface area contributed by atoms with E-state index in [1.165, 1.54) is 13.8 Å². The number of rotatable bonds is 17. The second kappa shape index (κ2) is 14.2. The van der Waals surface area contributed by atoms with Gasteiger partial charge in [0.1, 0.15) is 0 Å². The van der Waals surface area contributed by atoms with E-state index in [-0.39, 0.29) is 25.0 Å². The summed E-state index contributed by atoms with van der Waals surface area (Å²) in [5.41, 5.74) is -10.0. The minimum Gasteiger partial charge on any atom is -0.203 e. The molecular formula is C32H26F24. The fourth-order valence-corrected chi connectivity index (χ4v) is 5.73. The van der Waals surface area contributed by atoms with E-state index < -0.39 is 107 Å². The van der Waals surface area contributed by atoms with Crippen molar-refractivity contribution in [3.63, 3.8) is 0 Å². The topological polar surface area (TPSA) is 0 Å². The Morgan fingerprint density at radius 1 is 0.357 bits per heavy atom. The van der Waals surface area contributed by atoms with Crippen LogP contribution in [0.2, 0.25) is 0 Å². The molecule has 0 saturated heterocycles. The maximum Gasteiger partial charge on any atom is 0.384 e. The van der Waals surface area contributed by atoms with E-state index in [1.54, 1.807) is 0 Å². The van der Waals surface area contributed by atoms with Gasteiger partial charge in [0.15, 0.2) is 0 Å². The first-order valence-electron chi connectivity index (χ1n) is 15.0. The summed E-state index contributed by atoms with van der Waals surface area (Å²) in [4.78, 5) is 0. The average Bonchev–Trinajstić information content (AvgIpc) is 3.03.